The second kappa shape index (κ2) is 4.28. The van der Waals surface area contributed by atoms with Crippen LogP contribution >= 0.6 is 0 Å². The summed E-state index contributed by atoms with van der Waals surface area (Å²) in [5, 5.41) is 3.25. The van der Waals surface area contributed by atoms with Gasteiger partial charge in [-0.25, -0.2) is 9.97 Å². The third-order valence-electron chi connectivity index (χ3n) is 4.25. The van der Waals surface area contributed by atoms with Gasteiger partial charge in [0.15, 0.2) is 0 Å². The summed E-state index contributed by atoms with van der Waals surface area (Å²) in [6.45, 7) is 2.34. The Balaban J connectivity index is 1.95. The molecule has 1 aromatic rings. The first-order chi connectivity index (χ1) is 8.28. The monoisotopic (exact) mass is 231 g/mol. The summed E-state index contributed by atoms with van der Waals surface area (Å²) in [6, 6.07) is 0. The van der Waals surface area contributed by atoms with E-state index in [1.165, 1.54) is 36.9 Å². The minimum Gasteiger partial charge on any atom is -0.373 e. The van der Waals surface area contributed by atoms with E-state index in [-0.39, 0.29) is 0 Å². The van der Waals surface area contributed by atoms with Crippen molar-refractivity contribution < 1.29 is 0 Å². The van der Waals surface area contributed by atoms with E-state index in [0.717, 1.165) is 30.4 Å². The molecule has 1 fully saturated rings. The predicted molar refractivity (Wildman–Crippen MR) is 69.4 cm³/mol. The Morgan fingerprint density at radius 3 is 2.76 bits per heavy atom. The molecule has 0 aliphatic heterocycles. The van der Waals surface area contributed by atoms with Crippen molar-refractivity contribution in [3.05, 3.63) is 17.1 Å². The van der Waals surface area contributed by atoms with Crippen LogP contribution in [0.1, 0.15) is 55.6 Å². The van der Waals surface area contributed by atoms with Gasteiger partial charge in [-0.15, -0.1) is 0 Å². The minimum atomic E-state index is 0.600. The van der Waals surface area contributed by atoms with Gasteiger partial charge < -0.3 is 5.32 Å². The Labute approximate surface area is 103 Å². The number of fused-ring (bicyclic) bond motifs is 1. The fourth-order valence-electron chi connectivity index (χ4n) is 3.28. The highest BCUT2D eigenvalue weighted by molar-refractivity contribution is 5.48. The topological polar surface area (TPSA) is 37.8 Å². The van der Waals surface area contributed by atoms with E-state index in [1.54, 1.807) is 0 Å². The second-order valence-electron chi connectivity index (χ2n) is 5.57. The molecule has 1 saturated carbocycles. The number of anilines is 1. The first-order valence-electron chi connectivity index (χ1n) is 6.85. The van der Waals surface area contributed by atoms with Crippen molar-refractivity contribution in [2.75, 3.05) is 12.4 Å². The van der Waals surface area contributed by atoms with Crippen molar-refractivity contribution in [1.29, 1.82) is 0 Å². The van der Waals surface area contributed by atoms with Gasteiger partial charge >= 0.3 is 0 Å². The molecule has 3 rings (SSSR count). The lowest BCUT2D eigenvalue weighted by Crippen LogP contribution is -2.08. The van der Waals surface area contributed by atoms with Crippen LogP contribution in [-0.4, -0.2) is 17.0 Å². The molecule has 3 nitrogen and oxygen atoms in total. The normalized spacial score (nSPS) is 27.2. The van der Waals surface area contributed by atoms with Crippen molar-refractivity contribution in [1.82, 2.24) is 9.97 Å². The van der Waals surface area contributed by atoms with E-state index in [4.69, 9.17) is 9.97 Å². The fraction of sp³-hybridized carbons (Fsp3) is 0.714. The molecule has 2 aliphatic carbocycles. The summed E-state index contributed by atoms with van der Waals surface area (Å²) < 4.78 is 0. The molecule has 1 N–H and O–H groups in total. The minimum absolute atomic E-state index is 0.600. The molecule has 0 bridgehead atoms. The zero-order valence-electron chi connectivity index (χ0n) is 10.8. The van der Waals surface area contributed by atoms with Crippen molar-refractivity contribution in [3.8, 4) is 0 Å². The zero-order valence-corrected chi connectivity index (χ0v) is 10.8. The molecule has 3 heteroatoms. The van der Waals surface area contributed by atoms with E-state index in [1.807, 2.05) is 7.05 Å². The van der Waals surface area contributed by atoms with Crippen LogP contribution < -0.4 is 5.32 Å². The van der Waals surface area contributed by atoms with Gasteiger partial charge in [-0.05, 0) is 44.4 Å². The summed E-state index contributed by atoms with van der Waals surface area (Å²) in [5.41, 5.74) is 2.67. The highest BCUT2D eigenvalue weighted by atomic mass is 15.0. The number of aromatic nitrogens is 2. The molecule has 0 spiro atoms. The van der Waals surface area contributed by atoms with Crippen LogP contribution in [-0.2, 0) is 12.8 Å². The third-order valence-corrected chi connectivity index (χ3v) is 4.25. The summed E-state index contributed by atoms with van der Waals surface area (Å²) in [6.07, 6.45) is 7.39. The van der Waals surface area contributed by atoms with Crippen molar-refractivity contribution >= 4 is 5.82 Å². The van der Waals surface area contributed by atoms with E-state index in [2.05, 4.69) is 12.2 Å². The summed E-state index contributed by atoms with van der Waals surface area (Å²) >= 11 is 0. The summed E-state index contributed by atoms with van der Waals surface area (Å²) in [4.78, 5) is 9.58. The molecule has 17 heavy (non-hydrogen) atoms. The van der Waals surface area contributed by atoms with Crippen LogP contribution in [0.4, 0.5) is 5.82 Å². The van der Waals surface area contributed by atoms with E-state index < -0.39 is 0 Å². The zero-order chi connectivity index (χ0) is 11.8. The molecular weight excluding hydrogens is 210 g/mol. The molecule has 2 aliphatic rings. The molecule has 2 unspecified atom stereocenters. The maximum absolute atomic E-state index is 4.83. The fourth-order valence-corrected chi connectivity index (χ4v) is 3.28. The number of hydrogen-bond acceptors (Lipinski definition) is 3. The van der Waals surface area contributed by atoms with Crippen LogP contribution in [0.3, 0.4) is 0 Å². The van der Waals surface area contributed by atoms with Gasteiger partial charge in [-0.2, -0.15) is 0 Å². The largest absolute Gasteiger partial charge is 0.373 e. The van der Waals surface area contributed by atoms with Crippen molar-refractivity contribution in [2.45, 2.75) is 51.4 Å². The van der Waals surface area contributed by atoms with Crippen LogP contribution in [0.15, 0.2) is 0 Å². The number of nitrogens with zero attached hydrogens (tertiary/aromatic N) is 2. The summed E-state index contributed by atoms with van der Waals surface area (Å²) in [7, 11) is 1.97. The molecule has 1 aromatic heterocycles. The SMILES string of the molecule is CNc1nc(C2CCC(C)C2)nc2c1CCC2. The Kier molecular flexibility index (Phi) is 2.77. The smallest absolute Gasteiger partial charge is 0.134 e. The lowest BCUT2D eigenvalue weighted by atomic mass is 10.0. The summed E-state index contributed by atoms with van der Waals surface area (Å²) in [5.74, 6) is 3.62. The Hall–Kier alpha value is -1.12. The molecular formula is C14H21N3. The van der Waals surface area contributed by atoms with E-state index >= 15 is 0 Å². The van der Waals surface area contributed by atoms with Crippen LogP contribution in [0.25, 0.3) is 0 Å². The molecule has 0 radical (unpaired) electrons. The van der Waals surface area contributed by atoms with Crippen LogP contribution in [0.2, 0.25) is 0 Å². The number of aryl methyl sites for hydroxylation is 1. The maximum atomic E-state index is 4.83. The van der Waals surface area contributed by atoms with Crippen LogP contribution in [0, 0.1) is 5.92 Å². The maximum Gasteiger partial charge on any atom is 0.134 e. The highest BCUT2D eigenvalue weighted by Gasteiger charge is 2.27. The van der Waals surface area contributed by atoms with Gasteiger partial charge in [-0.3, -0.25) is 0 Å². The van der Waals surface area contributed by atoms with Crippen molar-refractivity contribution in [2.24, 2.45) is 5.92 Å². The predicted octanol–water partition coefficient (Wildman–Crippen LogP) is 2.91. The lowest BCUT2D eigenvalue weighted by Gasteiger charge is -2.13. The highest BCUT2D eigenvalue weighted by Crippen LogP contribution is 2.38. The number of nitrogens with one attached hydrogen (secondary N) is 1. The standard InChI is InChI=1S/C14H21N3/c1-9-6-7-10(8-9)13-16-12-5-3-4-11(12)14(15-2)17-13/h9-10H,3-8H2,1-2H3,(H,15,16,17). The van der Waals surface area contributed by atoms with Gasteiger partial charge in [0.2, 0.25) is 0 Å². The molecule has 1 heterocycles. The van der Waals surface area contributed by atoms with Gasteiger partial charge in [0.25, 0.3) is 0 Å². The first-order valence-corrected chi connectivity index (χ1v) is 6.85. The average molecular weight is 231 g/mol. The van der Waals surface area contributed by atoms with Gasteiger partial charge in [0, 0.05) is 24.2 Å². The lowest BCUT2D eigenvalue weighted by molar-refractivity contribution is 0.584. The number of rotatable bonds is 2. The molecule has 2 atom stereocenters. The molecule has 0 amide bonds. The van der Waals surface area contributed by atoms with Crippen molar-refractivity contribution in [3.63, 3.8) is 0 Å². The molecule has 0 aromatic carbocycles. The quantitative estimate of drug-likeness (QED) is 0.850. The second-order valence-corrected chi connectivity index (χ2v) is 5.57. The number of hydrogen-bond donors (Lipinski definition) is 1. The average Bonchev–Trinajstić information content (AvgIpc) is 2.95. The van der Waals surface area contributed by atoms with Gasteiger partial charge in [0.1, 0.15) is 11.6 Å². The first kappa shape index (κ1) is 11.0. The van der Waals surface area contributed by atoms with E-state index in [0.29, 0.717) is 5.92 Å². The Morgan fingerprint density at radius 2 is 2.06 bits per heavy atom. The Bertz CT molecular complexity index is 428. The third kappa shape index (κ3) is 1.92. The Morgan fingerprint density at radius 1 is 1.18 bits per heavy atom. The van der Waals surface area contributed by atoms with Crippen LogP contribution in [0.5, 0.6) is 0 Å². The van der Waals surface area contributed by atoms with E-state index in [9.17, 15) is 0 Å². The molecule has 0 saturated heterocycles. The van der Waals surface area contributed by atoms with Gasteiger partial charge in [0.05, 0.1) is 0 Å². The molecule has 92 valence electrons. The van der Waals surface area contributed by atoms with Gasteiger partial charge in [-0.1, -0.05) is 6.92 Å².